The molecular formula is C17H16ClFN4S. The van der Waals surface area contributed by atoms with E-state index in [0.29, 0.717) is 17.3 Å². The van der Waals surface area contributed by atoms with Gasteiger partial charge in [-0.3, -0.25) is 9.88 Å². The van der Waals surface area contributed by atoms with Crippen LogP contribution in [0.15, 0.2) is 36.5 Å². The van der Waals surface area contributed by atoms with Crippen molar-refractivity contribution in [3.8, 4) is 0 Å². The van der Waals surface area contributed by atoms with E-state index in [1.165, 1.54) is 6.07 Å². The summed E-state index contributed by atoms with van der Waals surface area (Å²) in [5.74, 6) is -0.235. The lowest BCUT2D eigenvalue weighted by atomic mass is 10.2. The summed E-state index contributed by atoms with van der Waals surface area (Å²) in [6.45, 7) is 4.00. The average Bonchev–Trinajstić information content (AvgIpc) is 3.03. The van der Waals surface area contributed by atoms with Gasteiger partial charge >= 0.3 is 0 Å². The number of hydrogen-bond donors (Lipinski definition) is 0. The van der Waals surface area contributed by atoms with Crippen LogP contribution in [0.3, 0.4) is 0 Å². The van der Waals surface area contributed by atoms with Crippen molar-refractivity contribution in [2.75, 3.05) is 31.1 Å². The molecule has 0 unspecified atom stereocenters. The lowest BCUT2D eigenvalue weighted by molar-refractivity contribution is 0.243. The molecule has 0 bridgehead atoms. The van der Waals surface area contributed by atoms with Gasteiger partial charge in [0.2, 0.25) is 0 Å². The van der Waals surface area contributed by atoms with Crippen LogP contribution in [-0.4, -0.2) is 41.0 Å². The van der Waals surface area contributed by atoms with Crippen LogP contribution in [0.25, 0.3) is 10.2 Å². The van der Waals surface area contributed by atoms with Crippen LogP contribution in [0.1, 0.15) is 5.69 Å². The van der Waals surface area contributed by atoms with Crippen LogP contribution in [0.5, 0.6) is 0 Å². The standard InChI is InChI=1S/C17H16ClFN4S/c18-12-3-1-5-15-16(12)21-17(24-15)23-9-7-22(8-10-23)11-14-13(19)4-2-6-20-14/h1-6H,7-11H2. The Hall–Kier alpha value is -1.76. The number of fused-ring (bicyclic) bond motifs is 1. The zero-order chi connectivity index (χ0) is 16.5. The number of aromatic nitrogens is 2. The van der Waals surface area contributed by atoms with Gasteiger partial charge < -0.3 is 4.90 Å². The molecule has 0 N–H and O–H groups in total. The highest BCUT2D eigenvalue weighted by atomic mass is 35.5. The number of para-hydroxylation sites is 1. The topological polar surface area (TPSA) is 32.3 Å². The summed E-state index contributed by atoms with van der Waals surface area (Å²) in [5.41, 5.74) is 1.38. The van der Waals surface area contributed by atoms with Gasteiger partial charge in [0, 0.05) is 38.9 Å². The summed E-state index contributed by atoms with van der Waals surface area (Å²) in [5, 5.41) is 1.70. The van der Waals surface area contributed by atoms with Gasteiger partial charge in [-0.15, -0.1) is 0 Å². The van der Waals surface area contributed by atoms with Crippen molar-refractivity contribution in [2.45, 2.75) is 6.54 Å². The predicted molar refractivity (Wildman–Crippen MR) is 96.3 cm³/mol. The first-order valence-corrected chi connectivity index (χ1v) is 9.02. The van der Waals surface area contributed by atoms with E-state index in [4.69, 9.17) is 11.6 Å². The van der Waals surface area contributed by atoms with Gasteiger partial charge in [-0.1, -0.05) is 29.0 Å². The Bertz CT molecular complexity index is 861. The van der Waals surface area contributed by atoms with Gasteiger partial charge in [0.1, 0.15) is 11.3 Å². The molecule has 4 rings (SSSR count). The number of rotatable bonds is 3. The Morgan fingerprint density at radius 2 is 1.96 bits per heavy atom. The second-order valence-electron chi connectivity index (χ2n) is 5.78. The SMILES string of the molecule is Fc1cccnc1CN1CCN(c2nc3c(Cl)cccc3s2)CC1. The molecule has 0 aliphatic carbocycles. The van der Waals surface area contributed by atoms with Crippen molar-refractivity contribution in [2.24, 2.45) is 0 Å². The van der Waals surface area contributed by atoms with Gasteiger partial charge in [-0.2, -0.15) is 0 Å². The summed E-state index contributed by atoms with van der Waals surface area (Å²) >= 11 is 7.88. The molecule has 1 aliphatic heterocycles. The van der Waals surface area contributed by atoms with Gasteiger partial charge in [-0.05, 0) is 24.3 Å². The third-order valence-corrected chi connectivity index (χ3v) is 5.60. The van der Waals surface area contributed by atoms with Gasteiger partial charge in [-0.25, -0.2) is 9.37 Å². The average molecular weight is 363 g/mol. The molecule has 3 heterocycles. The number of nitrogens with zero attached hydrogens (tertiary/aromatic N) is 4. The smallest absolute Gasteiger partial charge is 0.186 e. The molecule has 0 saturated carbocycles. The fourth-order valence-corrected chi connectivity index (χ4v) is 4.20. The van der Waals surface area contributed by atoms with Crippen molar-refractivity contribution in [1.29, 1.82) is 0 Å². The summed E-state index contributed by atoms with van der Waals surface area (Å²) in [6.07, 6.45) is 1.64. The molecule has 0 atom stereocenters. The van der Waals surface area contributed by atoms with Crippen LogP contribution in [-0.2, 0) is 6.54 Å². The molecule has 1 fully saturated rings. The van der Waals surface area contributed by atoms with Crippen LogP contribution >= 0.6 is 22.9 Å². The number of piperazine rings is 1. The fraction of sp³-hybridized carbons (Fsp3) is 0.294. The van der Waals surface area contributed by atoms with Gasteiger partial charge in [0.25, 0.3) is 0 Å². The summed E-state index contributed by atoms with van der Waals surface area (Å²) in [7, 11) is 0. The molecule has 3 aromatic rings. The normalized spacial score (nSPS) is 16.0. The lowest BCUT2D eigenvalue weighted by Gasteiger charge is -2.34. The first-order chi connectivity index (χ1) is 11.7. The van der Waals surface area contributed by atoms with E-state index in [2.05, 4.69) is 19.8 Å². The van der Waals surface area contributed by atoms with Gasteiger partial charge in [0.15, 0.2) is 5.13 Å². The van der Waals surface area contributed by atoms with E-state index in [1.807, 2.05) is 18.2 Å². The highest BCUT2D eigenvalue weighted by molar-refractivity contribution is 7.22. The van der Waals surface area contributed by atoms with Crippen molar-refractivity contribution in [1.82, 2.24) is 14.9 Å². The van der Waals surface area contributed by atoms with E-state index < -0.39 is 0 Å². The number of pyridine rings is 1. The molecule has 0 radical (unpaired) electrons. The number of thiazole rings is 1. The van der Waals surface area contributed by atoms with Crippen LogP contribution in [0.2, 0.25) is 5.02 Å². The molecular weight excluding hydrogens is 347 g/mol. The molecule has 0 amide bonds. The van der Waals surface area contributed by atoms with Crippen LogP contribution < -0.4 is 4.90 Å². The first-order valence-electron chi connectivity index (χ1n) is 7.82. The number of benzene rings is 1. The van der Waals surface area contributed by atoms with Crippen LogP contribution in [0.4, 0.5) is 9.52 Å². The number of hydrogen-bond acceptors (Lipinski definition) is 5. The monoisotopic (exact) mass is 362 g/mol. The molecule has 7 heteroatoms. The van der Waals surface area contributed by atoms with Crippen molar-refractivity contribution in [3.05, 3.63) is 53.1 Å². The Balaban J connectivity index is 1.44. The van der Waals surface area contributed by atoms with Crippen molar-refractivity contribution in [3.63, 3.8) is 0 Å². The maximum absolute atomic E-state index is 13.7. The van der Waals surface area contributed by atoms with E-state index in [0.717, 1.165) is 41.5 Å². The maximum atomic E-state index is 13.7. The molecule has 24 heavy (non-hydrogen) atoms. The molecule has 4 nitrogen and oxygen atoms in total. The Morgan fingerprint density at radius 1 is 1.12 bits per heavy atom. The zero-order valence-electron chi connectivity index (χ0n) is 13.0. The van der Waals surface area contributed by atoms with E-state index in [1.54, 1.807) is 23.6 Å². The Morgan fingerprint density at radius 3 is 2.71 bits per heavy atom. The minimum atomic E-state index is -0.235. The van der Waals surface area contributed by atoms with E-state index in [-0.39, 0.29) is 5.82 Å². The second-order valence-corrected chi connectivity index (χ2v) is 7.19. The van der Waals surface area contributed by atoms with Crippen molar-refractivity contribution >= 4 is 38.3 Å². The molecule has 124 valence electrons. The minimum absolute atomic E-state index is 0.235. The number of anilines is 1. The molecule has 1 aliphatic rings. The largest absolute Gasteiger partial charge is 0.345 e. The van der Waals surface area contributed by atoms with Gasteiger partial charge in [0.05, 0.1) is 15.4 Å². The first kappa shape index (κ1) is 15.7. The Labute approximate surface area is 148 Å². The molecule has 1 saturated heterocycles. The van der Waals surface area contributed by atoms with E-state index in [9.17, 15) is 4.39 Å². The zero-order valence-corrected chi connectivity index (χ0v) is 14.5. The molecule has 0 spiro atoms. The Kier molecular flexibility index (Phi) is 4.35. The predicted octanol–water partition coefficient (Wildman–Crippen LogP) is 3.81. The summed E-state index contributed by atoms with van der Waals surface area (Å²) in [4.78, 5) is 13.3. The minimum Gasteiger partial charge on any atom is -0.345 e. The quantitative estimate of drug-likeness (QED) is 0.709. The molecule has 2 aromatic heterocycles. The molecule has 1 aromatic carbocycles. The third-order valence-electron chi connectivity index (χ3n) is 4.21. The second kappa shape index (κ2) is 6.63. The maximum Gasteiger partial charge on any atom is 0.186 e. The summed E-state index contributed by atoms with van der Waals surface area (Å²) in [6, 6.07) is 8.94. The highest BCUT2D eigenvalue weighted by Gasteiger charge is 2.21. The van der Waals surface area contributed by atoms with E-state index >= 15 is 0 Å². The lowest BCUT2D eigenvalue weighted by Crippen LogP contribution is -2.46. The van der Waals surface area contributed by atoms with Crippen molar-refractivity contribution < 1.29 is 4.39 Å². The third kappa shape index (κ3) is 3.09. The summed E-state index contributed by atoms with van der Waals surface area (Å²) < 4.78 is 14.8. The number of halogens is 2. The van der Waals surface area contributed by atoms with Crippen LogP contribution in [0, 0.1) is 5.82 Å². The fourth-order valence-electron chi connectivity index (χ4n) is 2.88. The highest BCUT2D eigenvalue weighted by Crippen LogP contribution is 2.33.